The number of hydrogen-bond acceptors (Lipinski definition) is 8. The van der Waals surface area contributed by atoms with Crippen molar-refractivity contribution in [3.63, 3.8) is 0 Å². The number of aliphatic carboxylic acids is 1. The number of hydrogen-bond donors (Lipinski definition) is 5. The number of nitrogen functional groups attached to an aromatic ring is 1. The van der Waals surface area contributed by atoms with Gasteiger partial charge in [0.05, 0.1) is 6.61 Å². The lowest BCUT2D eigenvalue weighted by atomic mass is 10.1. The molecule has 2 aromatic rings. The fourth-order valence-electron chi connectivity index (χ4n) is 2.78. The van der Waals surface area contributed by atoms with Crippen molar-refractivity contribution in [1.29, 1.82) is 0 Å². The number of anilines is 1. The molecule has 3 heterocycles. The van der Waals surface area contributed by atoms with E-state index in [1.165, 1.54) is 0 Å². The van der Waals surface area contributed by atoms with Crippen molar-refractivity contribution in [3.8, 4) is 0 Å². The molecule has 0 saturated carbocycles. The molecule has 0 spiro atoms. The van der Waals surface area contributed by atoms with Gasteiger partial charge in [0, 0.05) is 0 Å². The number of halogens is 1. The van der Waals surface area contributed by atoms with Crippen LogP contribution >= 0.6 is 0 Å². The second kappa shape index (κ2) is 5.94. The lowest BCUT2D eigenvalue weighted by molar-refractivity contribution is -0.137. The molecule has 0 unspecified atom stereocenters. The lowest BCUT2D eigenvalue weighted by Gasteiger charge is -2.15. The van der Waals surface area contributed by atoms with E-state index in [1.807, 2.05) is 0 Å². The minimum Gasteiger partial charge on any atom is -0.480 e. The zero-order chi connectivity index (χ0) is 18.5. The summed E-state index contributed by atoms with van der Waals surface area (Å²) >= 11 is 0. The van der Waals surface area contributed by atoms with E-state index in [9.17, 15) is 23.9 Å². The predicted octanol–water partition coefficient (Wildman–Crippen LogP) is -2.86. The zero-order valence-corrected chi connectivity index (χ0v) is 12.5. The predicted molar refractivity (Wildman–Crippen MR) is 78.6 cm³/mol. The van der Waals surface area contributed by atoms with Crippen LogP contribution in [0, 0.1) is 0 Å². The zero-order valence-electron chi connectivity index (χ0n) is 12.5. The van der Waals surface area contributed by atoms with Crippen LogP contribution in [-0.4, -0.2) is 65.4 Å². The minimum absolute atomic E-state index is 0.373. The van der Waals surface area contributed by atoms with Crippen molar-refractivity contribution >= 4 is 23.1 Å². The summed E-state index contributed by atoms with van der Waals surface area (Å²) < 4.78 is 20.3. The summed E-state index contributed by atoms with van der Waals surface area (Å²) in [4.78, 5) is 41.6. The second-order valence-corrected chi connectivity index (χ2v) is 5.44. The number of nitrogens with one attached hydrogen (secondary N) is 1. The Hall–Kier alpha value is -2.77. The van der Waals surface area contributed by atoms with Crippen LogP contribution in [0.5, 0.6) is 0 Å². The number of ether oxygens (including phenoxy) is 1. The molecule has 3 rings (SSSR count). The third kappa shape index (κ3) is 2.57. The van der Waals surface area contributed by atoms with Gasteiger partial charge in [-0.1, -0.05) is 0 Å². The summed E-state index contributed by atoms with van der Waals surface area (Å²) in [5, 5.41) is 28.0. The van der Waals surface area contributed by atoms with Crippen molar-refractivity contribution in [2.75, 3.05) is 12.3 Å². The van der Waals surface area contributed by atoms with Crippen molar-refractivity contribution in [2.45, 2.75) is 31.2 Å². The molecule has 25 heavy (non-hydrogen) atoms. The number of nitrogens with zero attached hydrogens (tertiary/aromatic N) is 3. The number of fused-ring (bicyclic) bond motifs is 1. The normalized spacial score (nSPS) is 26.4. The van der Waals surface area contributed by atoms with Crippen molar-refractivity contribution in [3.05, 3.63) is 20.8 Å². The maximum atomic E-state index is 14.0. The number of imidazole rings is 1. The van der Waals surface area contributed by atoms with Crippen LogP contribution in [-0.2, 0) is 16.1 Å². The molecule has 1 saturated heterocycles. The molecule has 1 aliphatic rings. The molecule has 0 bridgehead atoms. The standard InChI is InChI=1S/C12H14FN5O7/c13-5-3(2-19)25-10(7(5)22)18-8-6(9(23)16-11(14)15-8)17(12(18)24)1-4(20)21/h3,5,7,10,19,22H,1-2H2,(H,20,21)(H3,14,15,16,23)/t3-,5-,7-,10-/m1/s1. The third-order valence-corrected chi connectivity index (χ3v) is 3.85. The highest BCUT2D eigenvalue weighted by Crippen LogP contribution is 2.32. The van der Waals surface area contributed by atoms with E-state index in [1.54, 1.807) is 0 Å². The van der Waals surface area contributed by atoms with Crippen LogP contribution in [0.25, 0.3) is 11.2 Å². The van der Waals surface area contributed by atoms with E-state index in [-0.39, 0.29) is 11.6 Å². The van der Waals surface area contributed by atoms with Crippen molar-refractivity contribution in [1.82, 2.24) is 19.1 Å². The fraction of sp³-hybridized carbons (Fsp3) is 0.500. The average Bonchev–Trinajstić information content (AvgIpc) is 2.95. The Labute approximate surface area is 136 Å². The summed E-state index contributed by atoms with van der Waals surface area (Å²) in [5.41, 5.74) is 2.71. The Kier molecular flexibility index (Phi) is 4.06. The maximum absolute atomic E-state index is 14.0. The number of carboxylic acid groups (broad SMARTS) is 1. The number of aliphatic hydroxyl groups is 2. The molecule has 1 fully saturated rings. The van der Waals surface area contributed by atoms with E-state index >= 15 is 0 Å². The Bertz CT molecular complexity index is 950. The quantitative estimate of drug-likeness (QED) is 0.383. The van der Waals surface area contributed by atoms with Gasteiger partial charge < -0.3 is 25.8 Å². The first-order valence-electron chi connectivity index (χ1n) is 7.07. The second-order valence-electron chi connectivity index (χ2n) is 5.44. The van der Waals surface area contributed by atoms with Gasteiger partial charge in [0.1, 0.15) is 18.8 Å². The number of nitrogens with two attached hydrogens (primary N) is 1. The average molecular weight is 359 g/mol. The summed E-state index contributed by atoms with van der Waals surface area (Å²) in [7, 11) is 0. The minimum atomic E-state index is -2.00. The highest BCUT2D eigenvalue weighted by molar-refractivity contribution is 5.75. The van der Waals surface area contributed by atoms with Gasteiger partial charge in [0.25, 0.3) is 5.56 Å². The number of alkyl halides is 1. The van der Waals surface area contributed by atoms with Gasteiger partial charge in [-0.05, 0) is 0 Å². The molecule has 13 heteroatoms. The van der Waals surface area contributed by atoms with E-state index < -0.39 is 60.5 Å². The van der Waals surface area contributed by atoms with Gasteiger partial charge in [-0.3, -0.25) is 19.1 Å². The first-order chi connectivity index (χ1) is 11.8. The Morgan fingerprint density at radius 2 is 2.12 bits per heavy atom. The van der Waals surface area contributed by atoms with E-state index in [2.05, 4.69) is 9.97 Å². The molecule has 6 N–H and O–H groups in total. The molecule has 136 valence electrons. The van der Waals surface area contributed by atoms with Gasteiger partial charge in [0.2, 0.25) is 5.95 Å². The van der Waals surface area contributed by atoms with E-state index in [0.717, 1.165) is 0 Å². The number of carbonyl (C=O) groups is 1. The van der Waals surface area contributed by atoms with Crippen LogP contribution in [0.1, 0.15) is 6.23 Å². The van der Waals surface area contributed by atoms with E-state index in [0.29, 0.717) is 9.13 Å². The van der Waals surface area contributed by atoms with E-state index in [4.69, 9.17) is 20.7 Å². The van der Waals surface area contributed by atoms with Crippen molar-refractivity contribution < 1.29 is 29.2 Å². The number of H-pyrrole nitrogens is 1. The van der Waals surface area contributed by atoms with Crippen LogP contribution in [0.4, 0.5) is 10.3 Å². The largest absolute Gasteiger partial charge is 0.480 e. The monoisotopic (exact) mass is 359 g/mol. The first kappa shape index (κ1) is 17.1. The van der Waals surface area contributed by atoms with Crippen LogP contribution in [0.3, 0.4) is 0 Å². The summed E-state index contributed by atoms with van der Waals surface area (Å²) in [6, 6.07) is 0. The molecule has 0 amide bonds. The number of aromatic nitrogens is 4. The Balaban J connectivity index is 2.29. The van der Waals surface area contributed by atoms with Crippen LogP contribution in [0.2, 0.25) is 0 Å². The molecule has 1 aliphatic heterocycles. The number of carboxylic acids is 1. The number of aromatic amines is 1. The van der Waals surface area contributed by atoms with Crippen LogP contribution in [0.15, 0.2) is 9.59 Å². The summed E-state index contributed by atoms with van der Waals surface area (Å²) in [6.07, 6.45) is -6.87. The molecular weight excluding hydrogens is 345 g/mol. The molecule has 0 aliphatic carbocycles. The number of aliphatic hydroxyl groups excluding tert-OH is 2. The molecule has 0 radical (unpaired) electrons. The Morgan fingerprint density at radius 3 is 2.68 bits per heavy atom. The highest BCUT2D eigenvalue weighted by atomic mass is 19.1. The fourth-order valence-corrected chi connectivity index (χ4v) is 2.78. The topological polar surface area (TPSA) is 186 Å². The van der Waals surface area contributed by atoms with Crippen LogP contribution < -0.4 is 17.0 Å². The molecule has 2 aromatic heterocycles. The molecule has 12 nitrogen and oxygen atoms in total. The first-order valence-corrected chi connectivity index (χ1v) is 7.07. The molecule has 0 aromatic carbocycles. The van der Waals surface area contributed by atoms with Gasteiger partial charge in [-0.15, -0.1) is 0 Å². The van der Waals surface area contributed by atoms with Gasteiger partial charge in [-0.25, -0.2) is 13.8 Å². The molecule has 4 atom stereocenters. The third-order valence-electron chi connectivity index (χ3n) is 3.85. The van der Waals surface area contributed by atoms with Crippen molar-refractivity contribution in [2.24, 2.45) is 0 Å². The maximum Gasteiger partial charge on any atom is 0.333 e. The lowest BCUT2D eigenvalue weighted by Crippen LogP contribution is -2.35. The molecular formula is C12H14FN5O7. The summed E-state index contributed by atoms with van der Waals surface area (Å²) in [6.45, 7) is -1.63. The van der Waals surface area contributed by atoms with Gasteiger partial charge >= 0.3 is 11.7 Å². The Morgan fingerprint density at radius 1 is 1.44 bits per heavy atom. The summed E-state index contributed by atoms with van der Waals surface area (Å²) in [5.74, 6) is -1.79. The highest BCUT2D eigenvalue weighted by Gasteiger charge is 2.46. The number of rotatable bonds is 4. The van der Waals surface area contributed by atoms with Gasteiger partial charge in [-0.2, -0.15) is 4.98 Å². The SMILES string of the molecule is Nc1nc2c(c(=O)[nH]1)n(CC(=O)O)c(=O)n2[C@@H]1O[C@H](CO)[C@@H](F)[C@H]1O. The smallest absolute Gasteiger partial charge is 0.333 e. The van der Waals surface area contributed by atoms with Gasteiger partial charge in [0.15, 0.2) is 23.6 Å².